The van der Waals surface area contributed by atoms with Gasteiger partial charge in [0.15, 0.2) is 0 Å². The second-order valence-electron chi connectivity index (χ2n) is 4.60. The van der Waals surface area contributed by atoms with Gasteiger partial charge in [-0.3, -0.25) is 4.79 Å². The molecule has 1 atom stereocenters. The minimum Gasteiger partial charge on any atom is -0.480 e. The largest absolute Gasteiger partial charge is 0.480 e. The van der Waals surface area contributed by atoms with Crippen LogP contribution in [0.3, 0.4) is 0 Å². The SMILES string of the molecule is CCNC(C)(CCSC1CCOCC1)C(=O)O. The number of rotatable bonds is 7. The van der Waals surface area contributed by atoms with Gasteiger partial charge < -0.3 is 15.2 Å². The van der Waals surface area contributed by atoms with Crippen LogP contribution in [0.2, 0.25) is 0 Å². The van der Waals surface area contributed by atoms with E-state index in [2.05, 4.69) is 5.32 Å². The van der Waals surface area contributed by atoms with E-state index in [0.717, 1.165) is 31.8 Å². The molecule has 0 bridgehead atoms. The van der Waals surface area contributed by atoms with Gasteiger partial charge in [0.1, 0.15) is 5.54 Å². The quantitative estimate of drug-likeness (QED) is 0.731. The van der Waals surface area contributed by atoms with Gasteiger partial charge in [0.2, 0.25) is 0 Å². The standard InChI is InChI=1S/C12H23NO3S/c1-3-13-12(2,11(14)15)6-9-17-10-4-7-16-8-5-10/h10,13H,3-9H2,1-2H3,(H,14,15). The molecule has 1 unspecified atom stereocenters. The van der Waals surface area contributed by atoms with E-state index in [1.807, 2.05) is 18.7 Å². The zero-order chi connectivity index (χ0) is 12.7. The van der Waals surface area contributed by atoms with Crippen LogP contribution >= 0.6 is 11.8 Å². The van der Waals surface area contributed by atoms with Crippen LogP contribution in [-0.4, -0.2) is 47.4 Å². The molecular weight excluding hydrogens is 238 g/mol. The molecule has 0 aromatic carbocycles. The van der Waals surface area contributed by atoms with Crippen molar-refractivity contribution >= 4 is 17.7 Å². The van der Waals surface area contributed by atoms with Crippen molar-refractivity contribution in [3.05, 3.63) is 0 Å². The Morgan fingerprint density at radius 2 is 2.18 bits per heavy atom. The monoisotopic (exact) mass is 261 g/mol. The Balaban J connectivity index is 2.28. The molecule has 1 aliphatic rings. The van der Waals surface area contributed by atoms with Crippen molar-refractivity contribution in [1.29, 1.82) is 0 Å². The lowest BCUT2D eigenvalue weighted by Crippen LogP contribution is -2.49. The molecule has 0 radical (unpaired) electrons. The highest BCUT2D eigenvalue weighted by molar-refractivity contribution is 7.99. The molecule has 0 spiro atoms. The molecule has 1 aliphatic heterocycles. The summed E-state index contributed by atoms with van der Waals surface area (Å²) in [6.07, 6.45) is 2.85. The van der Waals surface area contributed by atoms with Crippen molar-refractivity contribution in [2.24, 2.45) is 0 Å². The number of thioether (sulfide) groups is 1. The maximum atomic E-state index is 11.2. The van der Waals surface area contributed by atoms with Gasteiger partial charge in [-0.25, -0.2) is 0 Å². The molecule has 17 heavy (non-hydrogen) atoms. The second kappa shape index (κ2) is 7.24. The Hall–Kier alpha value is -0.260. The zero-order valence-electron chi connectivity index (χ0n) is 10.7. The second-order valence-corrected chi connectivity index (χ2v) is 6.01. The molecule has 1 fully saturated rings. The Labute approximate surface area is 107 Å². The van der Waals surface area contributed by atoms with E-state index in [-0.39, 0.29) is 0 Å². The first-order valence-corrected chi connectivity index (χ1v) is 7.31. The van der Waals surface area contributed by atoms with Gasteiger partial charge in [-0.1, -0.05) is 6.92 Å². The number of likely N-dealkylation sites (N-methyl/N-ethyl adjacent to an activating group) is 1. The van der Waals surface area contributed by atoms with Gasteiger partial charge in [-0.05, 0) is 38.5 Å². The average Bonchev–Trinajstić information content (AvgIpc) is 2.30. The summed E-state index contributed by atoms with van der Waals surface area (Å²) < 4.78 is 5.30. The van der Waals surface area contributed by atoms with Gasteiger partial charge in [-0.15, -0.1) is 0 Å². The third-order valence-corrected chi connectivity index (χ3v) is 4.55. The van der Waals surface area contributed by atoms with Gasteiger partial charge in [0.25, 0.3) is 0 Å². The van der Waals surface area contributed by atoms with Crippen molar-refractivity contribution < 1.29 is 14.6 Å². The van der Waals surface area contributed by atoms with Crippen LogP contribution in [-0.2, 0) is 9.53 Å². The number of ether oxygens (including phenoxy) is 1. The Morgan fingerprint density at radius 3 is 2.71 bits per heavy atom. The predicted octanol–water partition coefficient (Wildman–Crippen LogP) is 1.74. The molecule has 100 valence electrons. The molecule has 0 aliphatic carbocycles. The molecule has 0 aromatic rings. The predicted molar refractivity (Wildman–Crippen MR) is 70.6 cm³/mol. The fraction of sp³-hybridized carbons (Fsp3) is 0.917. The molecule has 0 amide bonds. The summed E-state index contributed by atoms with van der Waals surface area (Å²) in [7, 11) is 0. The lowest BCUT2D eigenvalue weighted by Gasteiger charge is -2.27. The van der Waals surface area contributed by atoms with Crippen LogP contribution in [0.25, 0.3) is 0 Å². The lowest BCUT2D eigenvalue weighted by molar-refractivity contribution is -0.144. The molecule has 4 nitrogen and oxygen atoms in total. The van der Waals surface area contributed by atoms with Crippen LogP contribution in [0.15, 0.2) is 0 Å². The molecule has 0 saturated carbocycles. The van der Waals surface area contributed by atoms with E-state index in [1.54, 1.807) is 6.92 Å². The normalized spacial score (nSPS) is 21.1. The van der Waals surface area contributed by atoms with E-state index in [0.29, 0.717) is 18.2 Å². The van der Waals surface area contributed by atoms with E-state index in [4.69, 9.17) is 4.74 Å². The topological polar surface area (TPSA) is 58.6 Å². The van der Waals surface area contributed by atoms with Crippen LogP contribution < -0.4 is 5.32 Å². The molecule has 2 N–H and O–H groups in total. The first-order chi connectivity index (χ1) is 8.08. The first kappa shape index (κ1) is 14.8. The fourth-order valence-electron chi connectivity index (χ4n) is 1.93. The average molecular weight is 261 g/mol. The van der Waals surface area contributed by atoms with Gasteiger partial charge in [0, 0.05) is 18.5 Å². The van der Waals surface area contributed by atoms with Crippen molar-refractivity contribution in [1.82, 2.24) is 5.32 Å². The zero-order valence-corrected chi connectivity index (χ0v) is 11.5. The van der Waals surface area contributed by atoms with E-state index < -0.39 is 11.5 Å². The minimum absolute atomic E-state index is 0.642. The highest BCUT2D eigenvalue weighted by Gasteiger charge is 2.31. The number of carboxylic acids is 1. The molecule has 0 aromatic heterocycles. The summed E-state index contributed by atoms with van der Waals surface area (Å²) in [5.41, 5.74) is -0.785. The van der Waals surface area contributed by atoms with E-state index in [9.17, 15) is 9.90 Å². The number of hydrogen-bond acceptors (Lipinski definition) is 4. The molecular formula is C12H23NO3S. The third-order valence-electron chi connectivity index (χ3n) is 3.16. The molecule has 1 saturated heterocycles. The molecule has 1 heterocycles. The molecule has 5 heteroatoms. The van der Waals surface area contributed by atoms with Crippen LogP contribution in [0, 0.1) is 0 Å². The van der Waals surface area contributed by atoms with Crippen molar-refractivity contribution in [3.8, 4) is 0 Å². The summed E-state index contributed by atoms with van der Waals surface area (Å²) in [4.78, 5) is 11.2. The van der Waals surface area contributed by atoms with Gasteiger partial charge in [-0.2, -0.15) is 11.8 Å². The summed E-state index contributed by atoms with van der Waals surface area (Å²) in [6, 6.07) is 0. The summed E-state index contributed by atoms with van der Waals surface area (Å²) in [5.74, 6) is 0.132. The van der Waals surface area contributed by atoms with Crippen LogP contribution in [0.4, 0.5) is 0 Å². The number of carbonyl (C=O) groups is 1. The Morgan fingerprint density at radius 1 is 1.53 bits per heavy atom. The number of aliphatic carboxylic acids is 1. The Kier molecular flexibility index (Phi) is 6.30. The fourth-order valence-corrected chi connectivity index (χ4v) is 3.32. The van der Waals surface area contributed by atoms with Crippen molar-refractivity contribution in [2.75, 3.05) is 25.5 Å². The van der Waals surface area contributed by atoms with E-state index >= 15 is 0 Å². The maximum absolute atomic E-state index is 11.2. The summed E-state index contributed by atoms with van der Waals surface area (Å²) >= 11 is 1.88. The van der Waals surface area contributed by atoms with Gasteiger partial charge in [0.05, 0.1) is 0 Å². The van der Waals surface area contributed by atoms with Crippen molar-refractivity contribution in [3.63, 3.8) is 0 Å². The van der Waals surface area contributed by atoms with Gasteiger partial charge >= 0.3 is 5.97 Å². The van der Waals surface area contributed by atoms with E-state index in [1.165, 1.54) is 0 Å². The third kappa shape index (κ3) is 4.85. The lowest BCUT2D eigenvalue weighted by atomic mass is 9.99. The number of nitrogens with one attached hydrogen (secondary N) is 1. The number of hydrogen-bond donors (Lipinski definition) is 2. The highest BCUT2D eigenvalue weighted by Crippen LogP contribution is 2.24. The molecule has 1 rings (SSSR count). The Bertz CT molecular complexity index is 244. The van der Waals surface area contributed by atoms with Crippen LogP contribution in [0.1, 0.15) is 33.1 Å². The maximum Gasteiger partial charge on any atom is 0.323 e. The smallest absolute Gasteiger partial charge is 0.323 e. The summed E-state index contributed by atoms with van der Waals surface area (Å²) in [5, 5.41) is 12.9. The number of carboxylic acid groups (broad SMARTS) is 1. The summed E-state index contributed by atoms with van der Waals surface area (Å²) in [6.45, 7) is 6.09. The first-order valence-electron chi connectivity index (χ1n) is 6.26. The van der Waals surface area contributed by atoms with Crippen LogP contribution in [0.5, 0.6) is 0 Å². The minimum atomic E-state index is -0.785. The van der Waals surface area contributed by atoms with Crippen molar-refractivity contribution in [2.45, 2.75) is 43.9 Å². The highest BCUT2D eigenvalue weighted by atomic mass is 32.2.